The Labute approximate surface area is 47.9 Å². The summed E-state index contributed by atoms with van der Waals surface area (Å²) in [6.45, 7) is 0.657. The van der Waals surface area contributed by atoms with E-state index >= 15 is 0 Å². The van der Waals surface area contributed by atoms with Gasteiger partial charge >= 0.3 is 6.41 Å². The van der Waals surface area contributed by atoms with Gasteiger partial charge in [0.15, 0.2) is 0 Å². The summed E-state index contributed by atoms with van der Waals surface area (Å²) in [6.07, 6.45) is 2.69. The molecule has 0 spiro atoms. The predicted octanol–water partition coefficient (Wildman–Crippen LogP) is -0.532. The Kier molecular flexibility index (Phi) is 1.48. The number of rotatable bonds is 1. The molecule has 0 aromatic heterocycles. The molecule has 1 radical (unpaired) electrons. The van der Waals surface area contributed by atoms with E-state index in [9.17, 15) is 4.79 Å². The highest BCUT2D eigenvalue weighted by molar-refractivity contribution is 5.48. The molecule has 1 atom stereocenters. The molecule has 1 N–H and O–H groups in total. The number of hydrogen-bond donors (Lipinski definition) is 1. The summed E-state index contributed by atoms with van der Waals surface area (Å²) >= 11 is 0. The molecule has 1 aliphatic heterocycles. The quantitative estimate of drug-likeness (QED) is 0.497. The Bertz CT molecular complexity index is 94.4. The smallest absolute Gasteiger partial charge is 0.314 e. The average molecular weight is 114 g/mol. The fourth-order valence-corrected chi connectivity index (χ4v) is 0.856. The lowest BCUT2D eigenvalue weighted by atomic mass is 10.4. The van der Waals surface area contributed by atoms with E-state index in [1.807, 2.05) is 0 Å². The highest BCUT2D eigenvalue weighted by Crippen LogP contribution is 2.10. The molecule has 45 valence electrons. The molecular weight excluding hydrogens is 106 g/mol. The lowest BCUT2D eigenvalue weighted by molar-refractivity contribution is 0.0843. The van der Waals surface area contributed by atoms with Crippen LogP contribution in [0.4, 0.5) is 0 Å². The number of likely N-dealkylation sites (tertiary alicyclic amines) is 1. The number of hydrogen-bond acceptors (Lipinski definition) is 2. The number of amides is 1. The van der Waals surface area contributed by atoms with Crippen LogP contribution in [-0.2, 0) is 4.79 Å². The van der Waals surface area contributed by atoms with Crippen molar-refractivity contribution in [3.63, 3.8) is 0 Å². The minimum absolute atomic E-state index is 0.563. The van der Waals surface area contributed by atoms with Crippen molar-refractivity contribution in [2.75, 3.05) is 6.54 Å². The molecule has 1 aliphatic rings. The summed E-state index contributed by atoms with van der Waals surface area (Å²) in [5.74, 6) is 0. The van der Waals surface area contributed by atoms with Crippen molar-refractivity contribution in [2.24, 2.45) is 0 Å². The molecule has 8 heavy (non-hydrogen) atoms. The van der Waals surface area contributed by atoms with Crippen LogP contribution in [-0.4, -0.2) is 29.2 Å². The van der Waals surface area contributed by atoms with Gasteiger partial charge < -0.3 is 10.0 Å². The SMILES string of the molecule is O=[C]N1CCCC1O. The van der Waals surface area contributed by atoms with Gasteiger partial charge in [-0.1, -0.05) is 0 Å². The Morgan fingerprint density at radius 1 is 1.75 bits per heavy atom. The van der Waals surface area contributed by atoms with Crippen LogP contribution in [0.2, 0.25) is 0 Å². The number of carbonyl (C=O) groups excluding carboxylic acids is 1. The zero-order chi connectivity index (χ0) is 5.98. The molecule has 1 rings (SSSR count). The maximum atomic E-state index is 9.86. The van der Waals surface area contributed by atoms with Crippen molar-refractivity contribution in [3.05, 3.63) is 0 Å². The second-order valence-electron chi connectivity index (χ2n) is 1.91. The minimum Gasteiger partial charge on any atom is -0.374 e. The fraction of sp³-hybridized carbons (Fsp3) is 0.800. The normalized spacial score (nSPS) is 28.6. The van der Waals surface area contributed by atoms with Gasteiger partial charge in [-0.2, -0.15) is 0 Å². The van der Waals surface area contributed by atoms with Crippen LogP contribution in [0.15, 0.2) is 0 Å². The van der Waals surface area contributed by atoms with Crippen molar-refractivity contribution in [1.82, 2.24) is 4.90 Å². The predicted molar refractivity (Wildman–Crippen MR) is 27.6 cm³/mol. The third-order valence-electron chi connectivity index (χ3n) is 1.34. The Hall–Kier alpha value is -0.570. The van der Waals surface area contributed by atoms with E-state index in [-0.39, 0.29) is 0 Å². The van der Waals surface area contributed by atoms with Gasteiger partial charge in [-0.25, -0.2) is 0 Å². The third-order valence-corrected chi connectivity index (χ3v) is 1.34. The van der Waals surface area contributed by atoms with Gasteiger partial charge in [0.2, 0.25) is 0 Å². The van der Waals surface area contributed by atoms with Gasteiger partial charge in [0, 0.05) is 6.54 Å². The van der Waals surface area contributed by atoms with Crippen molar-refractivity contribution < 1.29 is 9.90 Å². The van der Waals surface area contributed by atoms with Crippen LogP contribution in [0.25, 0.3) is 0 Å². The van der Waals surface area contributed by atoms with Crippen molar-refractivity contribution in [1.29, 1.82) is 0 Å². The highest BCUT2D eigenvalue weighted by Gasteiger charge is 2.19. The zero-order valence-electron chi connectivity index (χ0n) is 4.50. The number of nitrogens with zero attached hydrogens (tertiary/aromatic N) is 1. The van der Waals surface area contributed by atoms with Crippen molar-refractivity contribution in [2.45, 2.75) is 19.1 Å². The largest absolute Gasteiger partial charge is 0.374 e. The van der Waals surface area contributed by atoms with Gasteiger partial charge in [0.1, 0.15) is 6.23 Å². The molecule has 1 amide bonds. The van der Waals surface area contributed by atoms with E-state index in [4.69, 9.17) is 5.11 Å². The summed E-state index contributed by atoms with van der Waals surface area (Å²) in [5, 5.41) is 8.85. The van der Waals surface area contributed by atoms with Crippen LogP contribution in [0.1, 0.15) is 12.8 Å². The molecule has 1 unspecified atom stereocenters. The van der Waals surface area contributed by atoms with Crippen molar-refractivity contribution >= 4 is 6.41 Å². The lowest BCUT2D eigenvalue weighted by Gasteiger charge is -2.10. The average Bonchev–Trinajstić information content (AvgIpc) is 2.14. The maximum Gasteiger partial charge on any atom is 0.314 e. The summed E-state index contributed by atoms with van der Waals surface area (Å²) in [5.41, 5.74) is 0. The van der Waals surface area contributed by atoms with Gasteiger partial charge in [-0.15, -0.1) is 0 Å². The summed E-state index contributed by atoms with van der Waals surface area (Å²) in [6, 6.07) is 0. The van der Waals surface area contributed by atoms with Gasteiger partial charge in [0.25, 0.3) is 0 Å². The molecule has 0 bridgehead atoms. The van der Waals surface area contributed by atoms with Gasteiger partial charge in [0.05, 0.1) is 0 Å². The molecular formula is C5H8NO2. The van der Waals surface area contributed by atoms with E-state index in [0.717, 1.165) is 6.42 Å². The van der Waals surface area contributed by atoms with Crippen LogP contribution in [0.5, 0.6) is 0 Å². The van der Waals surface area contributed by atoms with Crippen molar-refractivity contribution in [3.8, 4) is 0 Å². The highest BCUT2D eigenvalue weighted by atomic mass is 16.3. The third kappa shape index (κ3) is 0.816. The monoisotopic (exact) mass is 114 g/mol. The molecule has 0 aromatic rings. The first-order valence-electron chi connectivity index (χ1n) is 2.67. The molecule has 1 saturated heterocycles. The van der Waals surface area contributed by atoms with E-state index < -0.39 is 6.23 Å². The second-order valence-corrected chi connectivity index (χ2v) is 1.91. The molecule has 0 aromatic carbocycles. The molecule has 1 fully saturated rings. The summed E-state index contributed by atoms with van der Waals surface area (Å²) in [7, 11) is 0. The molecule has 0 saturated carbocycles. The van der Waals surface area contributed by atoms with Gasteiger partial charge in [-0.3, -0.25) is 4.79 Å². The summed E-state index contributed by atoms with van der Waals surface area (Å²) < 4.78 is 0. The Balaban J connectivity index is 2.41. The first-order valence-corrected chi connectivity index (χ1v) is 2.67. The van der Waals surface area contributed by atoms with Gasteiger partial charge in [-0.05, 0) is 12.8 Å². The number of aliphatic hydroxyl groups is 1. The first kappa shape index (κ1) is 5.56. The van der Waals surface area contributed by atoms with Crippen LogP contribution in [0.3, 0.4) is 0 Å². The summed E-state index contributed by atoms with van der Waals surface area (Å²) in [4.78, 5) is 11.1. The standard InChI is InChI=1S/C5H8NO2/c7-4-6-3-1-2-5(6)8/h5,8H,1-3H2. The van der Waals surface area contributed by atoms with Crippen LogP contribution < -0.4 is 0 Å². The number of aliphatic hydroxyl groups excluding tert-OH is 1. The molecule has 3 nitrogen and oxygen atoms in total. The molecule has 1 heterocycles. The van der Waals surface area contributed by atoms with Crippen LogP contribution in [0, 0.1) is 0 Å². The lowest BCUT2D eigenvalue weighted by Crippen LogP contribution is -2.26. The molecule has 3 heteroatoms. The fourth-order valence-electron chi connectivity index (χ4n) is 0.856. The maximum absolute atomic E-state index is 9.86. The Morgan fingerprint density at radius 3 is 2.75 bits per heavy atom. The topological polar surface area (TPSA) is 40.5 Å². The zero-order valence-corrected chi connectivity index (χ0v) is 4.50. The van der Waals surface area contributed by atoms with E-state index in [0.29, 0.717) is 13.0 Å². The van der Waals surface area contributed by atoms with Crippen LogP contribution >= 0.6 is 0 Å². The van der Waals surface area contributed by atoms with E-state index in [2.05, 4.69) is 0 Å². The minimum atomic E-state index is -0.563. The second kappa shape index (κ2) is 2.13. The van der Waals surface area contributed by atoms with E-state index in [1.165, 1.54) is 4.90 Å². The molecule has 0 aliphatic carbocycles. The Morgan fingerprint density at radius 2 is 2.50 bits per heavy atom. The van der Waals surface area contributed by atoms with E-state index in [1.54, 1.807) is 6.41 Å². The first-order chi connectivity index (χ1) is 3.84.